The summed E-state index contributed by atoms with van der Waals surface area (Å²) in [6.45, 7) is 5.97. The van der Waals surface area contributed by atoms with E-state index in [1.165, 1.54) is 5.56 Å². The lowest BCUT2D eigenvalue weighted by molar-refractivity contribution is -0.127. The van der Waals surface area contributed by atoms with Crippen molar-refractivity contribution in [2.45, 2.75) is 26.4 Å². The van der Waals surface area contributed by atoms with Crippen LogP contribution in [-0.2, 0) is 9.53 Å². The Balaban J connectivity index is 2.06. The maximum atomic E-state index is 12.1. The summed E-state index contributed by atoms with van der Waals surface area (Å²) in [6, 6.07) is 8.01. The molecule has 0 saturated heterocycles. The Morgan fingerprint density at radius 1 is 1.33 bits per heavy atom. The second-order valence-corrected chi connectivity index (χ2v) is 4.78. The molecule has 3 heteroatoms. The number of rotatable bonds is 3. The number of benzene rings is 1. The number of carbonyl (C=O) groups is 1. The highest BCUT2D eigenvalue weighted by molar-refractivity contribution is 6.02. The molecular formula is C15H17NO2. The van der Waals surface area contributed by atoms with E-state index in [1.54, 1.807) is 19.9 Å². The fraction of sp³-hybridized carbons (Fsp3) is 0.333. The van der Waals surface area contributed by atoms with Crippen molar-refractivity contribution in [2.24, 2.45) is 4.99 Å². The van der Waals surface area contributed by atoms with E-state index in [4.69, 9.17) is 4.74 Å². The van der Waals surface area contributed by atoms with Crippen LogP contribution in [0.4, 0.5) is 0 Å². The second-order valence-electron chi connectivity index (χ2n) is 4.78. The summed E-state index contributed by atoms with van der Waals surface area (Å²) in [5.74, 6) is 0.526. The van der Waals surface area contributed by atoms with Crippen LogP contribution in [-0.4, -0.2) is 23.8 Å². The third-order valence-corrected chi connectivity index (χ3v) is 3.00. The summed E-state index contributed by atoms with van der Waals surface area (Å²) in [7, 11) is 0. The van der Waals surface area contributed by atoms with Crippen molar-refractivity contribution in [1.82, 2.24) is 0 Å². The van der Waals surface area contributed by atoms with Crippen molar-refractivity contribution in [2.75, 3.05) is 6.54 Å². The lowest BCUT2D eigenvalue weighted by Gasteiger charge is -2.19. The molecule has 1 aliphatic rings. The highest BCUT2D eigenvalue weighted by Crippen LogP contribution is 2.20. The fourth-order valence-corrected chi connectivity index (χ4v) is 1.81. The summed E-state index contributed by atoms with van der Waals surface area (Å²) >= 11 is 0. The molecule has 0 fully saturated rings. The molecule has 1 aromatic carbocycles. The van der Waals surface area contributed by atoms with Crippen LogP contribution < -0.4 is 0 Å². The molecule has 2 rings (SSSR count). The molecule has 0 aromatic heterocycles. The van der Waals surface area contributed by atoms with Crippen molar-refractivity contribution in [1.29, 1.82) is 0 Å². The zero-order valence-electron chi connectivity index (χ0n) is 10.9. The third kappa shape index (κ3) is 2.67. The zero-order chi connectivity index (χ0) is 13.2. The molecule has 18 heavy (non-hydrogen) atoms. The summed E-state index contributed by atoms with van der Waals surface area (Å²) < 4.78 is 5.47. The van der Waals surface area contributed by atoms with Gasteiger partial charge in [0.15, 0.2) is 11.5 Å². The molecular weight excluding hydrogens is 226 g/mol. The Kier molecular flexibility index (Phi) is 3.32. The number of ketones is 1. The van der Waals surface area contributed by atoms with Gasteiger partial charge < -0.3 is 4.74 Å². The van der Waals surface area contributed by atoms with Gasteiger partial charge in [-0.1, -0.05) is 35.9 Å². The van der Waals surface area contributed by atoms with E-state index >= 15 is 0 Å². The molecule has 1 heterocycles. The van der Waals surface area contributed by atoms with Crippen LogP contribution in [0.3, 0.4) is 0 Å². The number of hydrogen-bond donors (Lipinski definition) is 0. The summed E-state index contributed by atoms with van der Waals surface area (Å²) in [5.41, 5.74) is 1.38. The van der Waals surface area contributed by atoms with Crippen molar-refractivity contribution < 1.29 is 9.53 Å². The number of ether oxygens (including phenoxy) is 1. The average molecular weight is 243 g/mol. The predicted molar refractivity (Wildman–Crippen MR) is 72.7 cm³/mol. The van der Waals surface area contributed by atoms with Gasteiger partial charge in [-0.15, -0.1) is 0 Å². The molecule has 0 saturated carbocycles. The molecule has 0 radical (unpaired) electrons. The Labute approximate surface area is 107 Å². The third-order valence-electron chi connectivity index (χ3n) is 3.00. The van der Waals surface area contributed by atoms with E-state index in [-0.39, 0.29) is 5.78 Å². The molecule has 1 unspecified atom stereocenters. The standard InChI is InChI=1S/C15H17NO2/c1-11-4-6-13(7-5-11)8-9-14(17)15(3)10-16-12(2)18-15/h4-9H,10H2,1-3H3/b9-8+. The zero-order valence-corrected chi connectivity index (χ0v) is 10.9. The lowest BCUT2D eigenvalue weighted by Crippen LogP contribution is -2.37. The van der Waals surface area contributed by atoms with Gasteiger partial charge in [-0.2, -0.15) is 0 Å². The molecule has 0 N–H and O–H groups in total. The van der Waals surface area contributed by atoms with Crippen LogP contribution in [0, 0.1) is 6.92 Å². The normalized spacial score (nSPS) is 22.9. The van der Waals surface area contributed by atoms with Crippen LogP contribution in [0.25, 0.3) is 6.08 Å². The Hall–Kier alpha value is -1.90. The number of aryl methyl sites for hydroxylation is 1. The van der Waals surface area contributed by atoms with Crippen LogP contribution in [0.15, 0.2) is 35.3 Å². The minimum Gasteiger partial charge on any atom is -0.465 e. The first-order chi connectivity index (χ1) is 8.49. The molecule has 1 atom stereocenters. The Morgan fingerprint density at radius 3 is 2.56 bits per heavy atom. The van der Waals surface area contributed by atoms with Gasteiger partial charge in [0.2, 0.25) is 5.78 Å². The van der Waals surface area contributed by atoms with Gasteiger partial charge in [0.05, 0.1) is 6.54 Å². The fourth-order valence-electron chi connectivity index (χ4n) is 1.81. The minimum absolute atomic E-state index is 0.0522. The summed E-state index contributed by atoms with van der Waals surface area (Å²) in [4.78, 5) is 16.2. The number of aliphatic imine (C=N–C) groups is 1. The number of nitrogens with zero attached hydrogens (tertiary/aromatic N) is 1. The molecule has 1 aliphatic heterocycles. The largest absolute Gasteiger partial charge is 0.465 e. The van der Waals surface area contributed by atoms with Crippen LogP contribution in [0.1, 0.15) is 25.0 Å². The van der Waals surface area contributed by atoms with Gasteiger partial charge in [0.25, 0.3) is 0 Å². The maximum absolute atomic E-state index is 12.1. The average Bonchev–Trinajstić information content (AvgIpc) is 2.69. The molecule has 0 spiro atoms. The van der Waals surface area contributed by atoms with E-state index in [2.05, 4.69) is 4.99 Å². The predicted octanol–water partition coefficient (Wildman–Crippen LogP) is 2.78. The van der Waals surface area contributed by atoms with Crippen LogP contribution >= 0.6 is 0 Å². The van der Waals surface area contributed by atoms with Gasteiger partial charge in [0.1, 0.15) is 0 Å². The number of carbonyl (C=O) groups excluding carboxylic acids is 1. The van der Waals surface area contributed by atoms with Crippen LogP contribution in [0.5, 0.6) is 0 Å². The van der Waals surface area contributed by atoms with Crippen molar-refractivity contribution in [3.63, 3.8) is 0 Å². The first kappa shape index (κ1) is 12.6. The Morgan fingerprint density at radius 2 is 2.00 bits per heavy atom. The quantitative estimate of drug-likeness (QED) is 0.766. The maximum Gasteiger partial charge on any atom is 0.200 e. The molecule has 0 bridgehead atoms. The first-order valence-corrected chi connectivity index (χ1v) is 5.99. The highest BCUT2D eigenvalue weighted by Gasteiger charge is 2.37. The molecule has 0 aliphatic carbocycles. The van der Waals surface area contributed by atoms with E-state index in [1.807, 2.05) is 37.3 Å². The van der Waals surface area contributed by atoms with Gasteiger partial charge in [-0.3, -0.25) is 9.79 Å². The van der Waals surface area contributed by atoms with E-state index in [0.717, 1.165) is 5.56 Å². The van der Waals surface area contributed by atoms with Crippen molar-refractivity contribution in [3.05, 3.63) is 41.5 Å². The van der Waals surface area contributed by atoms with E-state index < -0.39 is 5.60 Å². The summed E-state index contributed by atoms with van der Waals surface area (Å²) in [5, 5.41) is 0. The van der Waals surface area contributed by atoms with Gasteiger partial charge >= 0.3 is 0 Å². The van der Waals surface area contributed by atoms with Crippen molar-refractivity contribution >= 4 is 17.8 Å². The highest BCUT2D eigenvalue weighted by atomic mass is 16.5. The van der Waals surface area contributed by atoms with Gasteiger partial charge in [0, 0.05) is 6.92 Å². The van der Waals surface area contributed by atoms with Gasteiger partial charge in [-0.05, 0) is 25.5 Å². The van der Waals surface area contributed by atoms with E-state index in [0.29, 0.717) is 12.4 Å². The summed E-state index contributed by atoms with van der Waals surface area (Å²) in [6.07, 6.45) is 3.38. The molecule has 3 nitrogen and oxygen atoms in total. The second kappa shape index (κ2) is 4.77. The Bertz CT molecular complexity index is 514. The number of hydrogen-bond acceptors (Lipinski definition) is 3. The molecule has 0 amide bonds. The van der Waals surface area contributed by atoms with Crippen molar-refractivity contribution in [3.8, 4) is 0 Å². The lowest BCUT2D eigenvalue weighted by atomic mass is 10.00. The van der Waals surface area contributed by atoms with Crippen LogP contribution in [0.2, 0.25) is 0 Å². The molecule has 1 aromatic rings. The topological polar surface area (TPSA) is 38.7 Å². The smallest absolute Gasteiger partial charge is 0.200 e. The SMILES string of the molecule is CC1=NCC(C)(C(=O)/C=C/c2ccc(C)cc2)O1. The minimum atomic E-state index is -0.828. The first-order valence-electron chi connectivity index (χ1n) is 5.99. The molecule has 94 valence electrons. The van der Waals surface area contributed by atoms with Gasteiger partial charge in [-0.25, -0.2) is 0 Å². The van der Waals surface area contributed by atoms with E-state index in [9.17, 15) is 4.79 Å². The monoisotopic (exact) mass is 243 g/mol.